The number of ether oxygens (including phenoxy) is 1. The SMILES string of the molecule is O=C(Nc1ccc2c(c1)C(=O)Nc1cccnc1O2)c1ccccc1Cl. The maximum Gasteiger partial charge on any atom is 0.259 e. The first-order chi connectivity index (χ1) is 12.6. The highest BCUT2D eigenvalue weighted by atomic mass is 35.5. The van der Waals surface area contributed by atoms with Crippen molar-refractivity contribution in [2.75, 3.05) is 10.6 Å². The Morgan fingerprint density at radius 3 is 2.81 bits per heavy atom. The number of aromatic nitrogens is 1. The zero-order valence-corrected chi connectivity index (χ0v) is 14.1. The molecule has 0 saturated heterocycles. The number of pyridine rings is 1. The number of nitrogens with zero attached hydrogens (tertiary/aromatic N) is 1. The molecule has 2 aromatic carbocycles. The average Bonchev–Trinajstić information content (AvgIpc) is 2.78. The summed E-state index contributed by atoms with van der Waals surface area (Å²) in [4.78, 5) is 29.0. The van der Waals surface area contributed by atoms with Crippen LogP contribution in [0, 0.1) is 0 Å². The van der Waals surface area contributed by atoms with Gasteiger partial charge in [-0.2, -0.15) is 0 Å². The van der Waals surface area contributed by atoms with Crippen molar-refractivity contribution in [1.29, 1.82) is 0 Å². The summed E-state index contributed by atoms with van der Waals surface area (Å²) in [6.07, 6.45) is 1.58. The Hall–Kier alpha value is -3.38. The first-order valence-corrected chi connectivity index (χ1v) is 8.14. The number of amides is 2. The van der Waals surface area contributed by atoms with Crippen LogP contribution in [0.4, 0.5) is 11.4 Å². The molecule has 0 bridgehead atoms. The average molecular weight is 366 g/mol. The number of anilines is 2. The van der Waals surface area contributed by atoms with Crippen LogP contribution in [0.25, 0.3) is 0 Å². The monoisotopic (exact) mass is 365 g/mol. The Balaban J connectivity index is 1.64. The van der Waals surface area contributed by atoms with Gasteiger partial charge >= 0.3 is 0 Å². The molecule has 2 N–H and O–H groups in total. The number of fused-ring (bicyclic) bond motifs is 2. The standard InChI is InChI=1S/C19H12ClN3O3/c20-14-5-2-1-4-12(14)17(24)22-11-7-8-16-13(10-11)18(25)23-15-6-3-9-21-19(15)26-16/h1-10H,(H,22,24)(H,23,25). The van der Waals surface area contributed by atoms with E-state index in [0.29, 0.717) is 39.2 Å². The van der Waals surface area contributed by atoms with Crippen molar-refractivity contribution >= 4 is 34.8 Å². The molecule has 1 aliphatic heterocycles. The van der Waals surface area contributed by atoms with Gasteiger partial charge in [0.25, 0.3) is 11.8 Å². The third-order valence-electron chi connectivity index (χ3n) is 3.83. The van der Waals surface area contributed by atoms with Gasteiger partial charge in [0.1, 0.15) is 11.4 Å². The second kappa shape index (κ2) is 6.50. The molecule has 7 heteroatoms. The minimum absolute atomic E-state index is 0.292. The Morgan fingerprint density at radius 2 is 1.96 bits per heavy atom. The Bertz CT molecular complexity index is 1040. The molecule has 0 unspecified atom stereocenters. The molecular weight excluding hydrogens is 354 g/mol. The molecule has 0 fully saturated rings. The lowest BCUT2D eigenvalue weighted by molar-refractivity contribution is 0.101. The van der Waals surface area contributed by atoms with Gasteiger partial charge in [-0.05, 0) is 42.5 Å². The topological polar surface area (TPSA) is 80.3 Å². The van der Waals surface area contributed by atoms with Crippen molar-refractivity contribution in [3.8, 4) is 11.6 Å². The summed E-state index contributed by atoms with van der Waals surface area (Å²) in [5, 5.41) is 5.83. The van der Waals surface area contributed by atoms with Crippen molar-refractivity contribution < 1.29 is 14.3 Å². The summed E-state index contributed by atoms with van der Waals surface area (Å²) in [5.41, 5.74) is 1.57. The van der Waals surface area contributed by atoms with Gasteiger partial charge in [-0.3, -0.25) is 9.59 Å². The molecule has 2 amide bonds. The van der Waals surface area contributed by atoms with Crippen LogP contribution in [-0.2, 0) is 0 Å². The molecule has 0 spiro atoms. The molecule has 0 saturated carbocycles. The van der Waals surface area contributed by atoms with Crippen molar-refractivity contribution in [2.45, 2.75) is 0 Å². The van der Waals surface area contributed by atoms with Crippen molar-refractivity contribution in [3.05, 3.63) is 76.9 Å². The van der Waals surface area contributed by atoms with E-state index in [1.165, 1.54) is 0 Å². The van der Waals surface area contributed by atoms with Crippen molar-refractivity contribution in [1.82, 2.24) is 4.98 Å². The first-order valence-electron chi connectivity index (χ1n) is 7.76. The zero-order valence-electron chi connectivity index (χ0n) is 13.3. The molecule has 26 heavy (non-hydrogen) atoms. The number of benzene rings is 2. The predicted molar refractivity (Wildman–Crippen MR) is 98.1 cm³/mol. The lowest BCUT2D eigenvalue weighted by atomic mass is 10.1. The van der Waals surface area contributed by atoms with E-state index in [-0.39, 0.29) is 11.8 Å². The van der Waals surface area contributed by atoms with Gasteiger partial charge in [-0.1, -0.05) is 23.7 Å². The minimum atomic E-state index is -0.365. The highest BCUT2D eigenvalue weighted by molar-refractivity contribution is 6.34. The van der Waals surface area contributed by atoms with E-state index in [1.807, 2.05) is 0 Å². The number of carbonyl (C=O) groups is 2. The predicted octanol–water partition coefficient (Wildman–Crippen LogP) is 4.35. The Labute approximate surface area is 153 Å². The van der Waals surface area contributed by atoms with Crippen LogP contribution in [0.3, 0.4) is 0 Å². The fourth-order valence-corrected chi connectivity index (χ4v) is 2.80. The molecule has 0 aliphatic carbocycles. The zero-order chi connectivity index (χ0) is 18.1. The summed E-state index contributed by atoms with van der Waals surface area (Å²) >= 11 is 6.05. The minimum Gasteiger partial charge on any atom is -0.436 e. The van der Waals surface area contributed by atoms with Gasteiger partial charge < -0.3 is 15.4 Å². The first kappa shape index (κ1) is 16.1. The summed E-state index contributed by atoms with van der Waals surface area (Å²) in [6.45, 7) is 0. The molecule has 0 atom stereocenters. The van der Waals surface area contributed by atoms with Gasteiger partial charge in [0.2, 0.25) is 5.88 Å². The van der Waals surface area contributed by atoms with E-state index >= 15 is 0 Å². The second-order valence-electron chi connectivity index (χ2n) is 5.56. The smallest absolute Gasteiger partial charge is 0.259 e. The maximum atomic E-state index is 12.5. The molecule has 0 radical (unpaired) electrons. The molecule has 128 valence electrons. The Morgan fingerprint density at radius 1 is 1.12 bits per heavy atom. The van der Waals surface area contributed by atoms with Gasteiger partial charge in [0.05, 0.1) is 16.1 Å². The van der Waals surface area contributed by atoms with E-state index < -0.39 is 0 Å². The molecule has 4 rings (SSSR count). The molecule has 3 aromatic rings. The lowest BCUT2D eigenvalue weighted by Gasteiger charge is -2.10. The molecular formula is C19H12ClN3O3. The fourth-order valence-electron chi connectivity index (χ4n) is 2.58. The van der Waals surface area contributed by atoms with E-state index in [0.717, 1.165) is 0 Å². The molecule has 6 nitrogen and oxygen atoms in total. The summed E-state index contributed by atoms with van der Waals surface area (Å²) in [6, 6.07) is 14.9. The van der Waals surface area contributed by atoms with Crippen LogP contribution >= 0.6 is 11.6 Å². The van der Waals surface area contributed by atoms with Crippen LogP contribution in [0.5, 0.6) is 11.6 Å². The molecule has 2 heterocycles. The third-order valence-corrected chi connectivity index (χ3v) is 4.16. The lowest BCUT2D eigenvalue weighted by Crippen LogP contribution is -2.14. The van der Waals surface area contributed by atoms with Crippen LogP contribution < -0.4 is 15.4 Å². The van der Waals surface area contributed by atoms with Gasteiger partial charge in [0.15, 0.2) is 0 Å². The number of hydrogen-bond donors (Lipinski definition) is 2. The normalized spacial score (nSPS) is 12.1. The van der Waals surface area contributed by atoms with Crippen LogP contribution in [0.1, 0.15) is 20.7 Å². The van der Waals surface area contributed by atoms with Gasteiger partial charge in [-0.15, -0.1) is 0 Å². The summed E-state index contributed by atoms with van der Waals surface area (Å²) in [5.74, 6) is -0.0424. The van der Waals surface area contributed by atoms with Gasteiger partial charge in [0, 0.05) is 11.9 Å². The van der Waals surface area contributed by atoms with Crippen LogP contribution in [0.15, 0.2) is 60.8 Å². The highest BCUT2D eigenvalue weighted by Gasteiger charge is 2.22. The number of hydrogen-bond acceptors (Lipinski definition) is 4. The number of rotatable bonds is 2. The number of carbonyl (C=O) groups excluding carboxylic acids is 2. The molecule has 1 aliphatic rings. The number of halogens is 1. The fraction of sp³-hybridized carbons (Fsp3) is 0. The molecule has 1 aromatic heterocycles. The highest BCUT2D eigenvalue weighted by Crippen LogP contribution is 2.35. The van der Waals surface area contributed by atoms with Crippen molar-refractivity contribution in [2.24, 2.45) is 0 Å². The van der Waals surface area contributed by atoms with Gasteiger partial charge in [-0.25, -0.2) is 4.98 Å². The van der Waals surface area contributed by atoms with E-state index in [1.54, 1.807) is 60.8 Å². The maximum absolute atomic E-state index is 12.5. The quantitative estimate of drug-likeness (QED) is 0.707. The second-order valence-corrected chi connectivity index (χ2v) is 5.96. The van der Waals surface area contributed by atoms with E-state index in [4.69, 9.17) is 16.3 Å². The number of nitrogens with one attached hydrogen (secondary N) is 2. The summed E-state index contributed by atoms with van der Waals surface area (Å²) in [7, 11) is 0. The largest absolute Gasteiger partial charge is 0.436 e. The van der Waals surface area contributed by atoms with Crippen LogP contribution in [-0.4, -0.2) is 16.8 Å². The van der Waals surface area contributed by atoms with E-state index in [9.17, 15) is 9.59 Å². The van der Waals surface area contributed by atoms with E-state index in [2.05, 4.69) is 15.6 Å². The Kier molecular flexibility index (Phi) is 4.02. The summed E-state index contributed by atoms with van der Waals surface area (Å²) < 4.78 is 5.71. The third kappa shape index (κ3) is 2.98. The van der Waals surface area contributed by atoms with Crippen molar-refractivity contribution in [3.63, 3.8) is 0 Å². The van der Waals surface area contributed by atoms with Crippen LogP contribution in [0.2, 0.25) is 5.02 Å².